The average Bonchev–Trinajstić information content (AvgIpc) is 2.26. The van der Waals surface area contributed by atoms with Gasteiger partial charge in [-0.1, -0.05) is 22.9 Å². The van der Waals surface area contributed by atoms with Crippen LogP contribution < -0.4 is 10.1 Å². The SMILES string of the molecule is CCC(NC)c1c(C)c(Br)cc(C)c1OC. The summed E-state index contributed by atoms with van der Waals surface area (Å²) in [6.45, 7) is 6.38. The first kappa shape index (κ1) is 13.5. The van der Waals surface area contributed by atoms with E-state index in [2.05, 4.69) is 48.1 Å². The third kappa shape index (κ3) is 2.41. The molecule has 1 aromatic carbocycles. The molecule has 0 fully saturated rings. The number of methoxy groups -OCH3 is 1. The molecule has 0 aliphatic heterocycles. The van der Waals surface area contributed by atoms with Crippen molar-refractivity contribution >= 4 is 15.9 Å². The molecular weight excluding hydrogens is 266 g/mol. The number of hydrogen-bond acceptors (Lipinski definition) is 2. The van der Waals surface area contributed by atoms with Crippen molar-refractivity contribution in [3.05, 3.63) is 27.2 Å². The van der Waals surface area contributed by atoms with Gasteiger partial charge in [0.05, 0.1) is 7.11 Å². The van der Waals surface area contributed by atoms with Gasteiger partial charge in [0.2, 0.25) is 0 Å². The van der Waals surface area contributed by atoms with Gasteiger partial charge in [-0.2, -0.15) is 0 Å². The van der Waals surface area contributed by atoms with Gasteiger partial charge in [0.15, 0.2) is 0 Å². The van der Waals surface area contributed by atoms with Crippen molar-refractivity contribution in [3.63, 3.8) is 0 Å². The van der Waals surface area contributed by atoms with Crippen molar-refractivity contribution in [2.45, 2.75) is 33.2 Å². The van der Waals surface area contributed by atoms with E-state index in [1.807, 2.05) is 7.05 Å². The van der Waals surface area contributed by atoms with E-state index in [0.717, 1.165) is 16.6 Å². The highest BCUT2D eigenvalue weighted by atomic mass is 79.9. The van der Waals surface area contributed by atoms with Crippen LogP contribution >= 0.6 is 15.9 Å². The Labute approximate surface area is 107 Å². The Morgan fingerprint density at radius 3 is 2.50 bits per heavy atom. The molecular formula is C13H20BrNO. The molecule has 0 amide bonds. The molecule has 16 heavy (non-hydrogen) atoms. The van der Waals surface area contributed by atoms with E-state index in [0.29, 0.717) is 6.04 Å². The summed E-state index contributed by atoms with van der Waals surface area (Å²) in [5, 5.41) is 3.34. The van der Waals surface area contributed by atoms with Crippen molar-refractivity contribution < 1.29 is 4.74 Å². The van der Waals surface area contributed by atoms with E-state index in [1.165, 1.54) is 16.7 Å². The predicted molar refractivity (Wildman–Crippen MR) is 72.3 cm³/mol. The summed E-state index contributed by atoms with van der Waals surface area (Å²) >= 11 is 3.60. The largest absolute Gasteiger partial charge is 0.496 e. The Morgan fingerprint density at radius 2 is 2.06 bits per heavy atom. The molecule has 1 atom stereocenters. The fourth-order valence-electron chi connectivity index (χ4n) is 2.12. The Kier molecular flexibility index (Phi) is 4.81. The van der Waals surface area contributed by atoms with Gasteiger partial charge in [-0.3, -0.25) is 0 Å². The second-order valence-corrected chi connectivity index (χ2v) is 4.85. The summed E-state index contributed by atoms with van der Waals surface area (Å²) < 4.78 is 6.68. The van der Waals surface area contributed by atoms with Gasteiger partial charge < -0.3 is 10.1 Å². The number of rotatable bonds is 4. The molecule has 3 heteroatoms. The third-order valence-electron chi connectivity index (χ3n) is 3.02. The quantitative estimate of drug-likeness (QED) is 0.910. The number of halogens is 1. The predicted octanol–water partition coefficient (Wildman–Crippen LogP) is 3.75. The van der Waals surface area contributed by atoms with Crippen LogP contribution in [0.4, 0.5) is 0 Å². The van der Waals surface area contributed by atoms with Crippen LogP contribution in [0.15, 0.2) is 10.5 Å². The number of ether oxygens (including phenoxy) is 1. The minimum absolute atomic E-state index is 0.339. The molecule has 0 spiro atoms. The second kappa shape index (κ2) is 5.69. The Bertz CT molecular complexity index is 373. The summed E-state index contributed by atoms with van der Waals surface area (Å²) in [6.07, 6.45) is 1.05. The van der Waals surface area contributed by atoms with Crippen molar-refractivity contribution in [1.29, 1.82) is 0 Å². The van der Waals surface area contributed by atoms with E-state index >= 15 is 0 Å². The molecule has 90 valence electrons. The number of hydrogen-bond donors (Lipinski definition) is 1. The summed E-state index contributed by atoms with van der Waals surface area (Å²) in [5.41, 5.74) is 3.69. The zero-order valence-corrected chi connectivity index (χ0v) is 12.2. The maximum atomic E-state index is 5.54. The first-order valence-electron chi connectivity index (χ1n) is 5.57. The number of nitrogens with one attached hydrogen (secondary N) is 1. The highest BCUT2D eigenvalue weighted by Gasteiger charge is 2.19. The lowest BCUT2D eigenvalue weighted by Gasteiger charge is -2.22. The molecule has 0 aliphatic rings. The average molecular weight is 286 g/mol. The fraction of sp³-hybridized carbons (Fsp3) is 0.538. The second-order valence-electron chi connectivity index (χ2n) is 4.00. The van der Waals surface area contributed by atoms with Crippen LogP contribution in [-0.4, -0.2) is 14.2 Å². The molecule has 0 saturated carbocycles. The lowest BCUT2D eigenvalue weighted by Crippen LogP contribution is -2.18. The maximum Gasteiger partial charge on any atom is 0.126 e. The normalized spacial score (nSPS) is 12.6. The summed E-state index contributed by atoms with van der Waals surface area (Å²) in [6, 6.07) is 2.45. The van der Waals surface area contributed by atoms with E-state index in [-0.39, 0.29) is 0 Å². The van der Waals surface area contributed by atoms with Crippen LogP contribution in [0.1, 0.15) is 36.1 Å². The van der Waals surface area contributed by atoms with E-state index in [9.17, 15) is 0 Å². The van der Waals surface area contributed by atoms with Crippen LogP contribution in [0.25, 0.3) is 0 Å². The standard InChI is InChI=1S/C13H20BrNO/c1-6-11(15-4)12-9(3)10(14)7-8(2)13(12)16-5/h7,11,15H,6H2,1-5H3. The lowest BCUT2D eigenvalue weighted by atomic mass is 9.95. The van der Waals surface area contributed by atoms with Crippen molar-refractivity contribution in [2.24, 2.45) is 0 Å². The lowest BCUT2D eigenvalue weighted by molar-refractivity contribution is 0.396. The third-order valence-corrected chi connectivity index (χ3v) is 3.84. The van der Waals surface area contributed by atoms with E-state index < -0.39 is 0 Å². The van der Waals surface area contributed by atoms with Crippen molar-refractivity contribution in [1.82, 2.24) is 5.32 Å². The van der Waals surface area contributed by atoms with E-state index in [1.54, 1.807) is 7.11 Å². The molecule has 0 radical (unpaired) electrons. The number of aryl methyl sites for hydroxylation is 1. The molecule has 0 bridgehead atoms. The van der Waals surface area contributed by atoms with Crippen LogP contribution in [0.3, 0.4) is 0 Å². The Balaban J connectivity index is 3.43. The number of benzene rings is 1. The summed E-state index contributed by atoms with van der Waals surface area (Å²) in [4.78, 5) is 0. The molecule has 1 rings (SSSR count). The fourth-order valence-corrected chi connectivity index (χ4v) is 2.68. The van der Waals surface area contributed by atoms with Crippen molar-refractivity contribution in [2.75, 3.05) is 14.2 Å². The zero-order valence-electron chi connectivity index (χ0n) is 10.6. The Hall–Kier alpha value is -0.540. The highest BCUT2D eigenvalue weighted by molar-refractivity contribution is 9.10. The molecule has 0 aromatic heterocycles. The van der Waals surface area contributed by atoms with Gasteiger partial charge in [-0.15, -0.1) is 0 Å². The zero-order chi connectivity index (χ0) is 12.3. The topological polar surface area (TPSA) is 21.3 Å². The van der Waals surface area contributed by atoms with Crippen LogP contribution in [0.2, 0.25) is 0 Å². The maximum absolute atomic E-state index is 5.54. The van der Waals surface area contributed by atoms with Crippen LogP contribution in [0, 0.1) is 13.8 Å². The van der Waals surface area contributed by atoms with Crippen molar-refractivity contribution in [3.8, 4) is 5.75 Å². The van der Waals surface area contributed by atoms with Gasteiger partial charge in [0.1, 0.15) is 5.75 Å². The monoisotopic (exact) mass is 285 g/mol. The van der Waals surface area contributed by atoms with Crippen LogP contribution in [-0.2, 0) is 0 Å². The minimum atomic E-state index is 0.339. The van der Waals surface area contributed by atoms with Gasteiger partial charge in [0, 0.05) is 16.1 Å². The molecule has 2 nitrogen and oxygen atoms in total. The van der Waals surface area contributed by atoms with E-state index in [4.69, 9.17) is 4.74 Å². The van der Waals surface area contributed by atoms with Gasteiger partial charge in [-0.25, -0.2) is 0 Å². The molecule has 0 heterocycles. The van der Waals surface area contributed by atoms with Gasteiger partial charge in [-0.05, 0) is 44.5 Å². The minimum Gasteiger partial charge on any atom is -0.496 e. The first-order valence-corrected chi connectivity index (χ1v) is 6.36. The molecule has 1 aromatic rings. The Morgan fingerprint density at radius 1 is 1.44 bits per heavy atom. The summed E-state index contributed by atoms with van der Waals surface area (Å²) in [7, 11) is 3.73. The summed E-state index contributed by atoms with van der Waals surface area (Å²) in [5.74, 6) is 1.00. The van der Waals surface area contributed by atoms with Gasteiger partial charge in [0.25, 0.3) is 0 Å². The molecule has 0 aliphatic carbocycles. The molecule has 0 saturated heterocycles. The smallest absolute Gasteiger partial charge is 0.126 e. The van der Waals surface area contributed by atoms with Crippen LogP contribution in [0.5, 0.6) is 5.75 Å². The van der Waals surface area contributed by atoms with Gasteiger partial charge >= 0.3 is 0 Å². The highest BCUT2D eigenvalue weighted by Crippen LogP contribution is 2.37. The molecule has 1 N–H and O–H groups in total. The molecule has 1 unspecified atom stereocenters. The first-order chi connectivity index (χ1) is 7.56.